The summed E-state index contributed by atoms with van der Waals surface area (Å²) in [5.41, 5.74) is 2.83. The summed E-state index contributed by atoms with van der Waals surface area (Å²) in [5.74, 6) is -0.489. The summed E-state index contributed by atoms with van der Waals surface area (Å²) < 4.78 is 18.2. The Kier molecular flexibility index (Phi) is 4.89. The first-order chi connectivity index (χ1) is 13.5. The first-order valence-electron chi connectivity index (χ1n) is 9.53. The standard InChI is InChI=1S/C22H23FN2O3/c1-28-14-20(26)25-12-2-3-15-4-9-18(13-19(15)25)24-21(27)22(10-11-22)16-5-7-17(23)8-6-16/h4-9,13H,2-3,10-12,14H2,1H3,(H,24,27). The number of hydrogen-bond donors (Lipinski definition) is 1. The van der Waals surface area contributed by atoms with Crippen LogP contribution >= 0.6 is 0 Å². The number of rotatable bonds is 5. The number of ether oxygens (including phenoxy) is 1. The van der Waals surface area contributed by atoms with Crippen LogP contribution < -0.4 is 10.2 Å². The van der Waals surface area contributed by atoms with E-state index in [0.717, 1.165) is 42.5 Å². The molecule has 146 valence electrons. The van der Waals surface area contributed by atoms with E-state index >= 15 is 0 Å². The van der Waals surface area contributed by atoms with E-state index in [1.54, 1.807) is 17.0 Å². The highest BCUT2D eigenvalue weighted by atomic mass is 19.1. The van der Waals surface area contributed by atoms with Gasteiger partial charge in [0.1, 0.15) is 12.4 Å². The van der Waals surface area contributed by atoms with Crippen LogP contribution in [-0.2, 0) is 26.2 Å². The van der Waals surface area contributed by atoms with Crippen molar-refractivity contribution in [3.05, 3.63) is 59.4 Å². The molecular formula is C22H23FN2O3. The SMILES string of the molecule is COCC(=O)N1CCCc2ccc(NC(=O)C3(c4ccc(F)cc4)CC3)cc21. The van der Waals surface area contributed by atoms with Crippen molar-refractivity contribution in [2.24, 2.45) is 0 Å². The van der Waals surface area contributed by atoms with Crippen LogP contribution in [0.2, 0.25) is 0 Å². The van der Waals surface area contributed by atoms with Crippen LogP contribution in [0.5, 0.6) is 0 Å². The molecule has 2 aromatic rings. The molecule has 28 heavy (non-hydrogen) atoms. The quantitative estimate of drug-likeness (QED) is 0.862. The molecule has 1 heterocycles. The van der Waals surface area contributed by atoms with Crippen molar-refractivity contribution in [1.29, 1.82) is 0 Å². The van der Waals surface area contributed by atoms with E-state index in [-0.39, 0.29) is 24.2 Å². The van der Waals surface area contributed by atoms with Gasteiger partial charge < -0.3 is 15.0 Å². The average Bonchev–Trinajstić information content (AvgIpc) is 3.50. The third kappa shape index (κ3) is 3.40. The van der Waals surface area contributed by atoms with Gasteiger partial charge in [0.15, 0.2) is 0 Å². The van der Waals surface area contributed by atoms with E-state index in [2.05, 4.69) is 5.32 Å². The number of nitrogens with zero attached hydrogens (tertiary/aromatic N) is 1. The monoisotopic (exact) mass is 382 g/mol. The Balaban J connectivity index is 1.56. The molecule has 2 aromatic carbocycles. The molecule has 0 bridgehead atoms. The number of nitrogens with one attached hydrogen (secondary N) is 1. The van der Waals surface area contributed by atoms with Crippen LogP contribution in [0, 0.1) is 5.82 Å². The lowest BCUT2D eigenvalue weighted by Crippen LogP contribution is -2.37. The smallest absolute Gasteiger partial charge is 0.252 e. The number of carbonyl (C=O) groups is 2. The van der Waals surface area contributed by atoms with Crippen LogP contribution in [-0.4, -0.2) is 32.1 Å². The molecule has 4 rings (SSSR count). The van der Waals surface area contributed by atoms with Crippen LogP contribution in [0.3, 0.4) is 0 Å². The Morgan fingerprint density at radius 3 is 2.61 bits per heavy atom. The molecule has 1 fully saturated rings. The van der Waals surface area contributed by atoms with E-state index in [1.807, 2.05) is 18.2 Å². The minimum absolute atomic E-state index is 0.0315. The number of aryl methyl sites for hydroxylation is 1. The van der Waals surface area contributed by atoms with Crippen molar-refractivity contribution in [1.82, 2.24) is 0 Å². The fraction of sp³-hybridized carbons (Fsp3) is 0.364. The fourth-order valence-electron chi connectivity index (χ4n) is 3.90. The second-order valence-electron chi connectivity index (χ2n) is 7.47. The minimum atomic E-state index is -0.588. The summed E-state index contributed by atoms with van der Waals surface area (Å²) in [7, 11) is 1.50. The Morgan fingerprint density at radius 2 is 1.93 bits per heavy atom. The molecule has 2 amide bonds. The molecule has 0 spiro atoms. The van der Waals surface area contributed by atoms with E-state index in [1.165, 1.54) is 19.2 Å². The van der Waals surface area contributed by atoms with Crippen molar-refractivity contribution in [2.45, 2.75) is 31.1 Å². The van der Waals surface area contributed by atoms with Crippen molar-refractivity contribution >= 4 is 23.2 Å². The summed E-state index contributed by atoms with van der Waals surface area (Å²) in [4.78, 5) is 27.0. The molecule has 0 saturated heterocycles. The molecule has 0 radical (unpaired) electrons. The number of amides is 2. The maximum Gasteiger partial charge on any atom is 0.252 e. The second-order valence-corrected chi connectivity index (χ2v) is 7.47. The summed E-state index contributed by atoms with van der Waals surface area (Å²) >= 11 is 0. The van der Waals surface area contributed by atoms with Crippen molar-refractivity contribution in [2.75, 3.05) is 30.5 Å². The van der Waals surface area contributed by atoms with Crippen molar-refractivity contribution < 1.29 is 18.7 Å². The van der Waals surface area contributed by atoms with Crippen LogP contribution in [0.25, 0.3) is 0 Å². The fourth-order valence-corrected chi connectivity index (χ4v) is 3.90. The normalized spacial score (nSPS) is 17.0. The Hall–Kier alpha value is -2.73. The number of anilines is 2. The Morgan fingerprint density at radius 1 is 1.18 bits per heavy atom. The summed E-state index contributed by atoms with van der Waals surface area (Å²) in [5, 5.41) is 3.00. The van der Waals surface area contributed by atoms with E-state index < -0.39 is 5.41 Å². The third-order valence-electron chi connectivity index (χ3n) is 5.61. The van der Waals surface area contributed by atoms with Gasteiger partial charge in [0.05, 0.1) is 5.41 Å². The zero-order chi connectivity index (χ0) is 19.7. The van der Waals surface area contributed by atoms with Gasteiger partial charge in [0.25, 0.3) is 5.91 Å². The van der Waals surface area contributed by atoms with Gasteiger partial charge in [-0.15, -0.1) is 0 Å². The lowest BCUT2D eigenvalue weighted by atomic mass is 9.94. The molecule has 1 saturated carbocycles. The van der Waals surface area contributed by atoms with Gasteiger partial charge in [0.2, 0.25) is 5.91 Å². The number of carbonyl (C=O) groups excluding carboxylic acids is 2. The maximum atomic E-state index is 13.2. The molecule has 2 aliphatic rings. The first-order valence-corrected chi connectivity index (χ1v) is 9.53. The number of halogens is 1. The molecule has 1 aliphatic heterocycles. The maximum absolute atomic E-state index is 13.2. The average molecular weight is 382 g/mol. The number of methoxy groups -OCH3 is 1. The molecule has 1 aliphatic carbocycles. The number of hydrogen-bond acceptors (Lipinski definition) is 3. The van der Waals surface area contributed by atoms with Gasteiger partial charge in [-0.1, -0.05) is 18.2 Å². The second kappa shape index (κ2) is 7.36. The van der Waals surface area contributed by atoms with Gasteiger partial charge in [-0.3, -0.25) is 9.59 Å². The summed E-state index contributed by atoms with van der Waals surface area (Å²) in [6, 6.07) is 11.8. The van der Waals surface area contributed by atoms with Gasteiger partial charge in [-0.2, -0.15) is 0 Å². The highest BCUT2D eigenvalue weighted by Crippen LogP contribution is 2.49. The van der Waals surface area contributed by atoms with Gasteiger partial charge in [-0.05, 0) is 61.1 Å². The molecular weight excluding hydrogens is 359 g/mol. The van der Waals surface area contributed by atoms with Gasteiger partial charge >= 0.3 is 0 Å². The van der Waals surface area contributed by atoms with Gasteiger partial charge in [0, 0.05) is 25.0 Å². The predicted molar refractivity (Wildman–Crippen MR) is 105 cm³/mol. The minimum Gasteiger partial charge on any atom is -0.375 e. The van der Waals surface area contributed by atoms with E-state index in [9.17, 15) is 14.0 Å². The molecule has 1 N–H and O–H groups in total. The van der Waals surface area contributed by atoms with Crippen LogP contribution in [0.15, 0.2) is 42.5 Å². The predicted octanol–water partition coefficient (Wildman–Crippen LogP) is 3.42. The first kappa shape index (κ1) is 18.6. The Labute approximate surface area is 163 Å². The van der Waals surface area contributed by atoms with Gasteiger partial charge in [-0.25, -0.2) is 4.39 Å². The van der Waals surface area contributed by atoms with Crippen molar-refractivity contribution in [3.63, 3.8) is 0 Å². The molecule has 5 nitrogen and oxygen atoms in total. The molecule has 6 heteroatoms. The summed E-state index contributed by atoms with van der Waals surface area (Å²) in [6.45, 7) is 0.676. The van der Waals surface area contributed by atoms with E-state index in [0.29, 0.717) is 12.2 Å². The zero-order valence-electron chi connectivity index (χ0n) is 15.8. The summed E-state index contributed by atoms with van der Waals surface area (Å²) in [6.07, 6.45) is 3.30. The van der Waals surface area contributed by atoms with Crippen LogP contribution in [0.1, 0.15) is 30.4 Å². The Bertz CT molecular complexity index is 906. The lowest BCUT2D eigenvalue weighted by Gasteiger charge is -2.30. The van der Waals surface area contributed by atoms with Crippen LogP contribution in [0.4, 0.5) is 15.8 Å². The van der Waals surface area contributed by atoms with Crippen molar-refractivity contribution in [3.8, 4) is 0 Å². The third-order valence-corrected chi connectivity index (χ3v) is 5.61. The lowest BCUT2D eigenvalue weighted by molar-refractivity contribution is -0.122. The molecule has 0 atom stereocenters. The van der Waals surface area contributed by atoms with E-state index in [4.69, 9.17) is 4.74 Å². The molecule has 0 unspecified atom stereocenters. The number of fused-ring (bicyclic) bond motifs is 1. The topological polar surface area (TPSA) is 58.6 Å². The highest BCUT2D eigenvalue weighted by Gasteiger charge is 2.51. The largest absolute Gasteiger partial charge is 0.375 e. The molecule has 0 aromatic heterocycles. The number of benzene rings is 2. The zero-order valence-corrected chi connectivity index (χ0v) is 15.8. The highest BCUT2D eigenvalue weighted by molar-refractivity contribution is 6.02.